The zero-order chi connectivity index (χ0) is 17.4. The van der Waals surface area contributed by atoms with Gasteiger partial charge in [0.05, 0.1) is 16.8 Å². The van der Waals surface area contributed by atoms with Crippen LogP contribution in [0.25, 0.3) is 0 Å². The zero-order valence-corrected chi connectivity index (χ0v) is 16.6. The van der Waals surface area contributed by atoms with Crippen LogP contribution >= 0.6 is 11.8 Å². The van der Waals surface area contributed by atoms with Crippen LogP contribution in [-0.2, 0) is 0 Å². The Bertz CT molecular complexity index is 599. The summed E-state index contributed by atoms with van der Waals surface area (Å²) in [5, 5.41) is 0. The molecule has 4 rings (SSSR count). The average molecular weight is 362 g/mol. The maximum atomic E-state index is 4.96. The average Bonchev–Trinajstić information content (AvgIpc) is 2.80. The third kappa shape index (κ3) is 3.62. The number of aromatic nitrogens is 1. The van der Waals surface area contributed by atoms with Crippen molar-refractivity contribution in [2.24, 2.45) is 0 Å². The Morgan fingerprint density at radius 2 is 1.92 bits per heavy atom. The molecule has 3 aliphatic rings. The van der Waals surface area contributed by atoms with E-state index in [9.17, 15) is 0 Å². The van der Waals surface area contributed by atoms with E-state index in [0.29, 0.717) is 12.1 Å². The van der Waals surface area contributed by atoms with Crippen molar-refractivity contribution in [2.75, 3.05) is 68.4 Å². The first-order valence-electron chi connectivity index (χ1n) is 9.69. The predicted molar refractivity (Wildman–Crippen MR) is 107 cm³/mol. The lowest BCUT2D eigenvalue weighted by atomic mass is 10.1. The molecule has 5 nitrogen and oxygen atoms in total. The number of nitrogens with zero attached hydrogens (tertiary/aromatic N) is 5. The van der Waals surface area contributed by atoms with Gasteiger partial charge in [-0.3, -0.25) is 4.90 Å². The molecule has 1 atom stereocenters. The van der Waals surface area contributed by atoms with Gasteiger partial charge in [0.2, 0.25) is 0 Å². The molecular weight excluding hydrogens is 330 g/mol. The number of likely N-dealkylation sites (N-methyl/N-ethyl adjacent to an activating group) is 1. The predicted octanol–water partition coefficient (Wildman–Crippen LogP) is 2.23. The Kier molecular flexibility index (Phi) is 5.11. The molecule has 0 aliphatic carbocycles. The molecule has 0 unspecified atom stereocenters. The van der Waals surface area contributed by atoms with E-state index in [1.54, 1.807) is 0 Å². The van der Waals surface area contributed by atoms with Crippen molar-refractivity contribution in [3.8, 4) is 0 Å². The van der Waals surface area contributed by atoms with Gasteiger partial charge in [0, 0.05) is 63.6 Å². The molecule has 0 amide bonds. The van der Waals surface area contributed by atoms with Crippen molar-refractivity contribution in [3.05, 3.63) is 12.3 Å². The minimum Gasteiger partial charge on any atom is -0.368 e. The van der Waals surface area contributed by atoms with Crippen LogP contribution in [0.2, 0.25) is 0 Å². The largest absolute Gasteiger partial charge is 0.368 e. The maximum Gasteiger partial charge on any atom is 0.142 e. The number of rotatable bonds is 2. The number of fused-ring (bicyclic) bond motifs is 3. The minimum atomic E-state index is 0.617. The number of anilines is 2. The van der Waals surface area contributed by atoms with Crippen LogP contribution in [0.1, 0.15) is 20.3 Å². The first kappa shape index (κ1) is 17.4. The Hall–Kier alpha value is -0.980. The quantitative estimate of drug-likeness (QED) is 0.801. The molecule has 138 valence electrons. The van der Waals surface area contributed by atoms with E-state index in [4.69, 9.17) is 4.98 Å². The Morgan fingerprint density at radius 1 is 1.12 bits per heavy atom. The minimum absolute atomic E-state index is 0.617. The van der Waals surface area contributed by atoms with Crippen molar-refractivity contribution in [1.82, 2.24) is 14.8 Å². The highest BCUT2D eigenvalue weighted by atomic mass is 32.2. The number of pyridine rings is 1. The molecule has 0 aromatic carbocycles. The van der Waals surface area contributed by atoms with Crippen LogP contribution in [0.15, 0.2) is 17.2 Å². The maximum absolute atomic E-state index is 4.96. The molecule has 25 heavy (non-hydrogen) atoms. The lowest BCUT2D eigenvalue weighted by Gasteiger charge is -2.43. The van der Waals surface area contributed by atoms with E-state index in [1.165, 1.54) is 35.1 Å². The third-order valence-electron chi connectivity index (χ3n) is 5.91. The molecule has 0 saturated carbocycles. The van der Waals surface area contributed by atoms with Gasteiger partial charge in [0.1, 0.15) is 5.82 Å². The van der Waals surface area contributed by atoms with Gasteiger partial charge < -0.3 is 14.7 Å². The summed E-state index contributed by atoms with van der Waals surface area (Å²) in [5.41, 5.74) is 1.30. The van der Waals surface area contributed by atoms with E-state index in [2.05, 4.69) is 52.8 Å². The van der Waals surface area contributed by atoms with Crippen LogP contribution in [0, 0.1) is 0 Å². The van der Waals surface area contributed by atoms with Gasteiger partial charge in [0.25, 0.3) is 0 Å². The fraction of sp³-hybridized carbons (Fsp3) is 0.737. The first-order chi connectivity index (χ1) is 12.1. The molecule has 1 aromatic rings. The molecule has 3 aliphatic heterocycles. The summed E-state index contributed by atoms with van der Waals surface area (Å²) in [6.45, 7) is 12.6. The molecule has 6 heteroatoms. The van der Waals surface area contributed by atoms with E-state index in [0.717, 1.165) is 39.3 Å². The van der Waals surface area contributed by atoms with Gasteiger partial charge in [-0.2, -0.15) is 0 Å². The van der Waals surface area contributed by atoms with Crippen LogP contribution in [0.4, 0.5) is 11.5 Å². The summed E-state index contributed by atoms with van der Waals surface area (Å²) >= 11 is 2.00. The summed E-state index contributed by atoms with van der Waals surface area (Å²) in [7, 11) is 2.21. The van der Waals surface area contributed by atoms with Crippen molar-refractivity contribution in [2.45, 2.75) is 37.2 Å². The van der Waals surface area contributed by atoms with E-state index >= 15 is 0 Å². The van der Waals surface area contributed by atoms with Crippen LogP contribution in [-0.4, -0.2) is 85.5 Å². The van der Waals surface area contributed by atoms with Crippen LogP contribution in [0.3, 0.4) is 0 Å². The summed E-state index contributed by atoms with van der Waals surface area (Å²) in [6, 6.07) is 3.66. The molecule has 0 bridgehead atoms. The number of hydrogen-bond donors (Lipinski definition) is 0. The summed E-state index contributed by atoms with van der Waals surface area (Å²) in [5.74, 6) is 2.43. The highest BCUT2D eigenvalue weighted by Gasteiger charge is 2.32. The van der Waals surface area contributed by atoms with Gasteiger partial charge in [-0.05, 0) is 33.4 Å². The topological polar surface area (TPSA) is 25.9 Å². The second kappa shape index (κ2) is 7.33. The van der Waals surface area contributed by atoms with E-state index in [1.807, 2.05) is 11.8 Å². The van der Waals surface area contributed by atoms with Crippen LogP contribution < -0.4 is 9.80 Å². The first-order valence-corrected chi connectivity index (χ1v) is 10.7. The van der Waals surface area contributed by atoms with Crippen molar-refractivity contribution in [1.29, 1.82) is 0 Å². The molecule has 2 saturated heterocycles. The standard InChI is InChI=1S/C19H31N5S/c1-15(2)23-9-10-24-16(14-23)4-11-25-18-12-17(13-20-19(18)24)22-7-5-21(3)6-8-22/h12-13,15-16H,4-11,14H2,1-3H3/t16-/m1/s1. The fourth-order valence-electron chi connectivity index (χ4n) is 4.17. The fourth-order valence-corrected chi connectivity index (χ4v) is 5.28. The van der Waals surface area contributed by atoms with Gasteiger partial charge in [-0.1, -0.05) is 0 Å². The molecule has 1 aromatic heterocycles. The monoisotopic (exact) mass is 361 g/mol. The van der Waals surface area contributed by atoms with Crippen molar-refractivity contribution >= 4 is 23.3 Å². The molecule has 2 fully saturated rings. The highest BCUT2D eigenvalue weighted by Crippen LogP contribution is 2.38. The summed E-state index contributed by atoms with van der Waals surface area (Å²) in [6.07, 6.45) is 3.37. The zero-order valence-electron chi connectivity index (χ0n) is 15.8. The SMILES string of the molecule is CC(C)N1CCN2c3ncc(N4CCN(C)CC4)cc3SCC[C@@H]2C1. The Balaban J connectivity index is 1.54. The second-order valence-electron chi connectivity index (χ2n) is 7.88. The number of piperazine rings is 2. The van der Waals surface area contributed by atoms with Gasteiger partial charge >= 0.3 is 0 Å². The van der Waals surface area contributed by atoms with E-state index in [-0.39, 0.29) is 0 Å². The number of thioether (sulfide) groups is 1. The molecular formula is C19H31N5S. The summed E-state index contributed by atoms with van der Waals surface area (Å²) < 4.78 is 0. The highest BCUT2D eigenvalue weighted by molar-refractivity contribution is 7.99. The smallest absolute Gasteiger partial charge is 0.142 e. The van der Waals surface area contributed by atoms with Gasteiger partial charge in [-0.15, -0.1) is 11.8 Å². The van der Waals surface area contributed by atoms with E-state index < -0.39 is 0 Å². The lowest BCUT2D eigenvalue weighted by molar-refractivity contribution is 0.178. The van der Waals surface area contributed by atoms with Crippen LogP contribution in [0.5, 0.6) is 0 Å². The lowest BCUT2D eigenvalue weighted by Crippen LogP contribution is -2.55. The molecule has 0 N–H and O–H groups in total. The number of hydrogen-bond acceptors (Lipinski definition) is 6. The molecule has 0 spiro atoms. The Morgan fingerprint density at radius 3 is 2.68 bits per heavy atom. The Labute approximate surface area is 156 Å². The van der Waals surface area contributed by atoms with Crippen molar-refractivity contribution < 1.29 is 0 Å². The normalized spacial score (nSPS) is 25.7. The van der Waals surface area contributed by atoms with Gasteiger partial charge in [0.15, 0.2) is 0 Å². The van der Waals surface area contributed by atoms with Gasteiger partial charge in [-0.25, -0.2) is 4.98 Å². The van der Waals surface area contributed by atoms with Crippen molar-refractivity contribution in [3.63, 3.8) is 0 Å². The third-order valence-corrected chi connectivity index (χ3v) is 6.96. The molecule has 0 radical (unpaired) electrons. The second-order valence-corrected chi connectivity index (χ2v) is 9.02. The summed E-state index contributed by atoms with van der Waals surface area (Å²) in [4.78, 5) is 16.4. The molecule has 4 heterocycles.